The molecule has 2 aromatic carbocycles. The van der Waals surface area contributed by atoms with E-state index in [0.717, 1.165) is 17.8 Å². The standard InChI is InChI=1S/C22H20FN3O/c1-15-12-16-6-3-5-9-21(16)26(15)22(27)20-13-18(10-11-24-20)25-14-17-7-2-4-8-19(17)23/h2-11,13,15H,12,14H2,1H3,(H,24,25). The minimum atomic E-state index is -0.252. The predicted molar refractivity (Wildman–Crippen MR) is 104 cm³/mol. The lowest BCUT2D eigenvalue weighted by Crippen LogP contribution is -2.36. The zero-order valence-electron chi connectivity index (χ0n) is 15.0. The zero-order chi connectivity index (χ0) is 18.8. The first-order valence-electron chi connectivity index (χ1n) is 8.98. The number of nitrogens with zero attached hydrogens (tertiary/aromatic N) is 2. The molecule has 0 saturated carbocycles. The third kappa shape index (κ3) is 3.40. The average molecular weight is 361 g/mol. The van der Waals surface area contributed by atoms with Gasteiger partial charge in [0.15, 0.2) is 0 Å². The molecule has 5 heteroatoms. The van der Waals surface area contributed by atoms with Crippen molar-refractivity contribution in [1.29, 1.82) is 0 Å². The van der Waals surface area contributed by atoms with Crippen LogP contribution in [0.2, 0.25) is 0 Å². The fraction of sp³-hybridized carbons (Fsp3) is 0.182. The molecule has 0 fully saturated rings. The SMILES string of the molecule is CC1Cc2ccccc2N1C(=O)c1cc(NCc2ccccc2F)ccn1. The second kappa shape index (κ2) is 7.19. The molecule has 0 aliphatic carbocycles. The molecule has 4 rings (SSSR count). The van der Waals surface area contributed by atoms with Crippen LogP contribution in [-0.4, -0.2) is 16.9 Å². The van der Waals surface area contributed by atoms with Gasteiger partial charge in [0.25, 0.3) is 5.91 Å². The summed E-state index contributed by atoms with van der Waals surface area (Å²) in [7, 11) is 0. The molecule has 1 aliphatic rings. The number of pyridine rings is 1. The number of benzene rings is 2. The topological polar surface area (TPSA) is 45.2 Å². The van der Waals surface area contributed by atoms with Gasteiger partial charge in [-0.15, -0.1) is 0 Å². The summed E-state index contributed by atoms with van der Waals surface area (Å²) in [5, 5.41) is 3.17. The maximum Gasteiger partial charge on any atom is 0.277 e. The number of nitrogens with one attached hydrogen (secondary N) is 1. The molecule has 0 saturated heterocycles. The lowest BCUT2D eigenvalue weighted by atomic mass is 10.1. The van der Waals surface area contributed by atoms with Crippen LogP contribution in [0.3, 0.4) is 0 Å². The number of halogens is 1. The van der Waals surface area contributed by atoms with E-state index in [0.29, 0.717) is 17.8 Å². The molecule has 0 spiro atoms. The molecule has 1 N–H and O–H groups in total. The van der Waals surface area contributed by atoms with Gasteiger partial charge in [0.05, 0.1) is 0 Å². The molecule has 1 aromatic heterocycles. The number of aromatic nitrogens is 1. The number of fused-ring (bicyclic) bond motifs is 1. The smallest absolute Gasteiger partial charge is 0.277 e. The molecule has 3 aromatic rings. The molecule has 27 heavy (non-hydrogen) atoms. The first-order chi connectivity index (χ1) is 13.1. The van der Waals surface area contributed by atoms with Gasteiger partial charge in [0.1, 0.15) is 11.5 Å². The van der Waals surface area contributed by atoms with E-state index in [9.17, 15) is 9.18 Å². The molecule has 2 heterocycles. The summed E-state index contributed by atoms with van der Waals surface area (Å²) >= 11 is 0. The van der Waals surface area contributed by atoms with Gasteiger partial charge in [-0.3, -0.25) is 9.78 Å². The van der Waals surface area contributed by atoms with Crippen molar-refractivity contribution in [1.82, 2.24) is 4.98 Å². The second-order valence-corrected chi connectivity index (χ2v) is 6.73. The Morgan fingerprint density at radius 2 is 1.96 bits per heavy atom. The number of hydrogen-bond acceptors (Lipinski definition) is 3. The minimum absolute atomic E-state index is 0.0896. The Kier molecular flexibility index (Phi) is 4.59. The first kappa shape index (κ1) is 17.2. The summed E-state index contributed by atoms with van der Waals surface area (Å²) in [5.74, 6) is -0.375. The number of amides is 1. The summed E-state index contributed by atoms with van der Waals surface area (Å²) in [6.45, 7) is 2.38. The van der Waals surface area contributed by atoms with Crippen LogP contribution in [-0.2, 0) is 13.0 Å². The summed E-state index contributed by atoms with van der Waals surface area (Å²) in [4.78, 5) is 19.1. The van der Waals surface area contributed by atoms with Gasteiger partial charge in [0.2, 0.25) is 0 Å². The van der Waals surface area contributed by atoms with Crippen molar-refractivity contribution in [2.45, 2.75) is 25.9 Å². The normalized spacial score (nSPS) is 15.5. The molecule has 1 unspecified atom stereocenters. The summed E-state index contributed by atoms with van der Waals surface area (Å²) < 4.78 is 13.8. The predicted octanol–water partition coefficient (Wildman–Crippen LogP) is 4.42. The highest BCUT2D eigenvalue weighted by molar-refractivity contribution is 6.06. The van der Waals surface area contributed by atoms with E-state index in [1.54, 1.807) is 41.4 Å². The van der Waals surface area contributed by atoms with Crippen molar-refractivity contribution in [2.24, 2.45) is 0 Å². The average Bonchev–Trinajstić information content (AvgIpc) is 3.02. The highest BCUT2D eigenvalue weighted by Gasteiger charge is 2.31. The van der Waals surface area contributed by atoms with Gasteiger partial charge in [-0.25, -0.2) is 4.39 Å². The number of rotatable bonds is 4. The Morgan fingerprint density at radius 1 is 1.19 bits per heavy atom. The monoisotopic (exact) mass is 361 g/mol. The lowest BCUT2D eigenvalue weighted by Gasteiger charge is -2.22. The number of carbonyl (C=O) groups is 1. The van der Waals surface area contributed by atoms with Gasteiger partial charge in [-0.1, -0.05) is 36.4 Å². The third-order valence-electron chi connectivity index (χ3n) is 4.85. The van der Waals surface area contributed by atoms with E-state index >= 15 is 0 Å². The van der Waals surface area contributed by atoms with E-state index in [-0.39, 0.29) is 17.8 Å². The third-order valence-corrected chi connectivity index (χ3v) is 4.85. The van der Waals surface area contributed by atoms with E-state index in [4.69, 9.17) is 0 Å². The number of anilines is 2. The summed E-state index contributed by atoms with van der Waals surface area (Å²) in [6, 6.07) is 18.2. The Morgan fingerprint density at radius 3 is 2.81 bits per heavy atom. The highest BCUT2D eigenvalue weighted by atomic mass is 19.1. The fourth-order valence-electron chi connectivity index (χ4n) is 3.49. The van der Waals surface area contributed by atoms with Crippen LogP contribution in [0.5, 0.6) is 0 Å². The maximum absolute atomic E-state index is 13.8. The first-order valence-corrected chi connectivity index (χ1v) is 8.98. The number of carbonyl (C=O) groups excluding carboxylic acids is 1. The Balaban J connectivity index is 1.54. The molecular formula is C22H20FN3O. The summed E-state index contributed by atoms with van der Waals surface area (Å²) in [5.41, 5.74) is 3.80. The second-order valence-electron chi connectivity index (χ2n) is 6.73. The quantitative estimate of drug-likeness (QED) is 0.748. The summed E-state index contributed by atoms with van der Waals surface area (Å²) in [6.07, 6.45) is 2.44. The van der Waals surface area contributed by atoms with Crippen LogP contribution in [0, 0.1) is 5.82 Å². The van der Waals surface area contributed by atoms with Crippen LogP contribution < -0.4 is 10.2 Å². The van der Waals surface area contributed by atoms with Crippen molar-refractivity contribution >= 4 is 17.3 Å². The highest BCUT2D eigenvalue weighted by Crippen LogP contribution is 2.33. The van der Waals surface area contributed by atoms with Crippen LogP contribution >= 0.6 is 0 Å². The molecule has 0 radical (unpaired) electrons. The fourth-order valence-corrected chi connectivity index (χ4v) is 3.49. The zero-order valence-corrected chi connectivity index (χ0v) is 15.0. The molecule has 0 bridgehead atoms. The molecule has 1 aliphatic heterocycles. The van der Waals surface area contributed by atoms with E-state index < -0.39 is 0 Å². The van der Waals surface area contributed by atoms with Crippen molar-refractivity contribution in [2.75, 3.05) is 10.2 Å². The lowest BCUT2D eigenvalue weighted by molar-refractivity contribution is 0.0976. The van der Waals surface area contributed by atoms with Gasteiger partial charge in [0, 0.05) is 35.7 Å². The Hall–Kier alpha value is -3.21. The van der Waals surface area contributed by atoms with Crippen molar-refractivity contribution in [3.05, 3.63) is 89.5 Å². The molecule has 136 valence electrons. The van der Waals surface area contributed by atoms with Crippen LogP contribution in [0.25, 0.3) is 0 Å². The van der Waals surface area contributed by atoms with Crippen molar-refractivity contribution in [3.63, 3.8) is 0 Å². The van der Waals surface area contributed by atoms with Gasteiger partial charge in [-0.2, -0.15) is 0 Å². The van der Waals surface area contributed by atoms with Crippen LogP contribution in [0.4, 0.5) is 15.8 Å². The number of hydrogen-bond donors (Lipinski definition) is 1. The van der Waals surface area contributed by atoms with Crippen molar-refractivity contribution < 1.29 is 9.18 Å². The molecule has 4 nitrogen and oxygen atoms in total. The molecule has 1 atom stereocenters. The van der Waals surface area contributed by atoms with Crippen molar-refractivity contribution in [3.8, 4) is 0 Å². The molecule has 1 amide bonds. The van der Waals surface area contributed by atoms with Crippen LogP contribution in [0.1, 0.15) is 28.5 Å². The van der Waals surface area contributed by atoms with Gasteiger partial charge < -0.3 is 10.2 Å². The van der Waals surface area contributed by atoms with E-state index in [1.165, 1.54) is 11.6 Å². The largest absolute Gasteiger partial charge is 0.381 e. The van der Waals surface area contributed by atoms with Crippen LogP contribution in [0.15, 0.2) is 66.9 Å². The Bertz CT molecular complexity index is 989. The van der Waals surface area contributed by atoms with E-state index in [2.05, 4.69) is 16.4 Å². The minimum Gasteiger partial charge on any atom is -0.381 e. The number of para-hydroxylation sites is 1. The maximum atomic E-state index is 13.8. The molecular weight excluding hydrogens is 341 g/mol. The van der Waals surface area contributed by atoms with Gasteiger partial charge in [-0.05, 0) is 43.2 Å². The van der Waals surface area contributed by atoms with Gasteiger partial charge >= 0.3 is 0 Å². The Labute approximate surface area is 157 Å². The van der Waals surface area contributed by atoms with E-state index in [1.807, 2.05) is 25.1 Å².